The third-order valence-corrected chi connectivity index (χ3v) is 15.0. The Labute approximate surface area is 346 Å². The van der Waals surface area contributed by atoms with E-state index in [1.807, 2.05) is 0 Å². The van der Waals surface area contributed by atoms with Crippen molar-refractivity contribution in [2.45, 2.75) is 93.7 Å². The van der Waals surface area contributed by atoms with E-state index in [4.69, 9.17) is 18.9 Å². The number of ketones is 1. The molecule has 2 heterocycles. The number of amides is 1. The number of aliphatic hydroxyl groups excluding tert-OH is 2. The third kappa shape index (κ3) is 6.39. The fourth-order valence-corrected chi connectivity index (χ4v) is 12.6. The van der Waals surface area contributed by atoms with Crippen LogP contribution in [-0.4, -0.2) is 102 Å². The van der Waals surface area contributed by atoms with E-state index in [1.165, 1.54) is 20.8 Å². The average Bonchev–Trinajstić information content (AvgIpc) is 3.78. The first kappa shape index (κ1) is 40.8. The van der Waals surface area contributed by atoms with E-state index in [2.05, 4.69) is 5.32 Å². The molecule has 1 aromatic heterocycles. The number of carbonyl (C=O) groups excluding carboxylic acids is 5. The maximum atomic E-state index is 15.3. The Morgan fingerprint density at radius 1 is 0.932 bits per heavy atom. The summed E-state index contributed by atoms with van der Waals surface area (Å²) in [6.45, 7) is 5.69. The summed E-state index contributed by atoms with van der Waals surface area (Å²) in [5, 5.41) is 39.1. The van der Waals surface area contributed by atoms with Crippen LogP contribution in [0.25, 0.3) is 0 Å². The second-order valence-electron chi connectivity index (χ2n) is 16.6. The van der Waals surface area contributed by atoms with E-state index in [9.17, 15) is 34.5 Å². The number of hydrogen-bond acceptors (Lipinski definition) is 12. The van der Waals surface area contributed by atoms with Gasteiger partial charge >= 0.3 is 341 Å². The van der Waals surface area contributed by atoms with Gasteiger partial charge < -0.3 is 0 Å². The van der Waals surface area contributed by atoms with Gasteiger partial charge in [-0.2, -0.15) is 0 Å². The quantitative estimate of drug-likeness (QED) is 0.103. The predicted molar refractivity (Wildman–Crippen MR) is 210 cm³/mol. The summed E-state index contributed by atoms with van der Waals surface area (Å²) in [5.41, 5.74) is -5.16. The molecule has 14 heteroatoms. The fraction of sp³-hybridized carbons (Fsp3) is 0.400. The van der Waals surface area contributed by atoms with Gasteiger partial charge in [0.05, 0.1) is 0 Å². The molecule has 0 bridgehead atoms. The average molecular weight is 871 g/mol. The number of carbonyl (C=O) groups is 5. The van der Waals surface area contributed by atoms with Crippen LogP contribution in [0.1, 0.15) is 99.3 Å². The molecule has 4 aromatic rings. The van der Waals surface area contributed by atoms with Gasteiger partial charge in [-0.15, -0.1) is 0 Å². The van der Waals surface area contributed by atoms with Crippen LogP contribution >= 0.6 is 0 Å². The molecule has 1 saturated heterocycles. The normalized spacial score (nSPS) is 30.2. The van der Waals surface area contributed by atoms with Crippen LogP contribution in [0, 0.1) is 11.3 Å². The van der Waals surface area contributed by atoms with Crippen LogP contribution in [0.3, 0.4) is 0 Å². The Kier molecular flexibility index (Phi) is 10.3. The van der Waals surface area contributed by atoms with Crippen molar-refractivity contribution in [3.63, 3.8) is 0 Å². The molecule has 0 radical (unpaired) electrons. The van der Waals surface area contributed by atoms with Crippen LogP contribution in [0.15, 0.2) is 95.9 Å². The zero-order valence-corrected chi connectivity index (χ0v) is 34.5. The summed E-state index contributed by atoms with van der Waals surface area (Å²) >= 11 is -0.717. The molecule has 0 unspecified atom stereocenters. The molecule has 3 aliphatic carbocycles. The first-order valence-electron chi connectivity index (χ1n) is 19.5. The second kappa shape index (κ2) is 14.9. The number of hydrogen-bond donors (Lipinski definition) is 4. The Bertz CT molecular complexity index is 2290. The zero-order chi connectivity index (χ0) is 42.1. The first-order chi connectivity index (χ1) is 28.0. The van der Waals surface area contributed by atoms with Crippen molar-refractivity contribution in [3.05, 3.63) is 128 Å². The van der Waals surface area contributed by atoms with Gasteiger partial charge in [-0.05, 0) is 0 Å². The monoisotopic (exact) mass is 871 g/mol. The molecule has 59 heavy (non-hydrogen) atoms. The number of ether oxygens (including phenoxy) is 4. The van der Waals surface area contributed by atoms with Gasteiger partial charge in [-0.3, -0.25) is 0 Å². The predicted octanol–water partition coefficient (Wildman–Crippen LogP) is 3.78. The SMILES string of the molecule is CC(=O)O[C@@]12CO[C@@H]1C[C@@H](O)[C@@]1(C)C(=O)c3[se]cc4c3[C@@](C(C)(C)O)(C[C@@H]4OC(=O)[C@H](O)[C@@H](NC(=O)c3ccccc3)c3ccccc3)[C@@H](OC(=O)c3ccccc3)[C@H]21. The van der Waals surface area contributed by atoms with E-state index in [0.29, 0.717) is 26.7 Å². The maximum absolute atomic E-state index is 15.3. The summed E-state index contributed by atoms with van der Waals surface area (Å²) in [6.07, 6.45) is -7.05. The number of rotatable bonds is 10. The Balaban J connectivity index is 1.25. The number of aliphatic hydroxyl groups is 3. The Morgan fingerprint density at radius 2 is 1.54 bits per heavy atom. The number of Topliss-reactive ketones (excluding diaryl/α,β-unsaturated/α-hetero) is 1. The Hall–Kier alpha value is -4.95. The summed E-state index contributed by atoms with van der Waals surface area (Å²) in [4.78, 5) is 71.9. The van der Waals surface area contributed by atoms with Crippen molar-refractivity contribution < 1.29 is 58.2 Å². The summed E-state index contributed by atoms with van der Waals surface area (Å²) in [7, 11) is 0. The van der Waals surface area contributed by atoms with Crippen LogP contribution < -0.4 is 5.32 Å². The van der Waals surface area contributed by atoms with Crippen LogP contribution in [0.2, 0.25) is 0 Å². The van der Waals surface area contributed by atoms with Gasteiger partial charge in [-0.1, -0.05) is 6.07 Å². The van der Waals surface area contributed by atoms with Crippen molar-refractivity contribution in [1.29, 1.82) is 0 Å². The van der Waals surface area contributed by atoms with Crippen LogP contribution in [0.5, 0.6) is 0 Å². The molecule has 0 spiro atoms. The molecule has 1 saturated carbocycles. The van der Waals surface area contributed by atoms with E-state index in [0.717, 1.165) is 0 Å². The number of esters is 3. The minimum absolute atomic E-state index is 0.0433. The van der Waals surface area contributed by atoms with Crippen molar-refractivity contribution in [1.82, 2.24) is 5.32 Å². The van der Waals surface area contributed by atoms with E-state index < -0.39 is 109 Å². The molecule has 308 valence electrons. The summed E-state index contributed by atoms with van der Waals surface area (Å²) < 4.78 is 25.2. The second-order valence-corrected chi connectivity index (χ2v) is 18.5. The van der Waals surface area contributed by atoms with Gasteiger partial charge in [0.25, 0.3) is 0 Å². The van der Waals surface area contributed by atoms with Crippen LogP contribution in [-0.2, 0) is 34.0 Å². The molecular weight excluding hydrogens is 825 g/mol. The molecule has 1 aliphatic heterocycles. The van der Waals surface area contributed by atoms with Gasteiger partial charge in [0.15, 0.2) is 0 Å². The summed E-state index contributed by atoms with van der Waals surface area (Å²) in [6, 6.07) is 23.7. The number of benzene rings is 3. The first-order valence-corrected chi connectivity index (χ1v) is 21.3. The van der Waals surface area contributed by atoms with Gasteiger partial charge in [0, 0.05) is 0 Å². The minimum atomic E-state index is -1.92. The van der Waals surface area contributed by atoms with Gasteiger partial charge in [-0.25, -0.2) is 0 Å². The Morgan fingerprint density at radius 3 is 2.12 bits per heavy atom. The molecule has 2 fully saturated rings. The zero-order valence-electron chi connectivity index (χ0n) is 32.8. The van der Waals surface area contributed by atoms with Crippen LogP contribution in [0.4, 0.5) is 0 Å². The molecule has 4 aliphatic rings. The van der Waals surface area contributed by atoms with Crippen molar-refractivity contribution in [3.8, 4) is 0 Å². The summed E-state index contributed by atoms with van der Waals surface area (Å²) in [5.74, 6) is -4.81. The van der Waals surface area contributed by atoms with Gasteiger partial charge in [0.2, 0.25) is 0 Å². The molecule has 10 atom stereocenters. The molecule has 1 amide bonds. The molecule has 4 N–H and O–H groups in total. The molecular formula is C45H45NO12Se. The van der Waals surface area contributed by atoms with Crippen molar-refractivity contribution in [2.75, 3.05) is 6.61 Å². The van der Waals surface area contributed by atoms with Crippen molar-refractivity contribution in [2.24, 2.45) is 11.3 Å². The molecule has 8 rings (SSSR count). The topological polar surface area (TPSA) is 195 Å². The van der Waals surface area contributed by atoms with E-state index in [-0.39, 0.29) is 25.0 Å². The van der Waals surface area contributed by atoms with E-state index >= 15 is 4.79 Å². The van der Waals surface area contributed by atoms with Crippen molar-refractivity contribution >= 4 is 44.1 Å². The van der Waals surface area contributed by atoms with E-state index in [1.54, 1.807) is 103 Å². The van der Waals surface area contributed by atoms with Gasteiger partial charge in [0.1, 0.15) is 0 Å². The molecule has 13 nitrogen and oxygen atoms in total. The fourth-order valence-electron chi connectivity index (χ4n) is 10.0. The third-order valence-electron chi connectivity index (χ3n) is 12.9. The standard InChI is InChI=1S/C45H45NO12Se/c1-24(47)58-45-23-55-31(45)20-30(48)43(4)36(45)38(57-40(52)27-18-12-7-13-19-27)44(42(2,3)54)21-29(28-22-59-35(32(28)44)37(43)50)56-41(53)34(49)33(25-14-8-5-9-15-25)46-39(51)26-16-10-6-11-17-26/h5-19,22,29-31,33-34,36,38,48-49,54H,20-21,23H2,1-4H3,(H,46,51)/t29-,30+,31+,33-,34+,36-,38-,43+,44-,45-/m0/s1. The molecule has 3 aromatic carbocycles. The number of fused-ring (bicyclic) bond motifs is 3. The number of nitrogens with one attached hydrogen (secondary N) is 1.